The number of hydrogen-bond acceptors (Lipinski definition) is 6. The molecule has 0 aromatic heterocycles. The zero-order valence-corrected chi connectivity index (χ0v) is 21.0. The predicted molar refractivity (Wildman–Crippen MR) is 128 cm³/mol. The Balaban J connectivity index is 0.000000142. The molecule has 2 aliphatic heterocycles. The van der Waals surface area contributed by atoms with E-state index in [9.17, 15) is 9.90 Å². The van der Waals surface area contributed by atoms with E-state index in [1.165, 1.54) is 38.5 Å². The summed E-state index contributed by atoms with van der Waals surface area (Å²) in [7, 11) is 0. The van der Waals surface area contributed by atoms with Crippen LogP contribution in [0.25, 0.3) is 0 Å². The van der Waals surface area contributed by atoms with E-state index in [-0.39, 0.29) is 17.7 Å². The number of Topliss-reactive ketones (excluding diaryl/α,β-unsaturated/α-hetero) is 1. The first-order valence-corrected chi connectivity index (χ1v) is 14.3. The Bertz CT molecular complexity index is 630. The maximum atomic E-state index is 11.3. The maximum absolute atomic E-state index is 11.3. The summed E-state index contributed by atoms with van der Waals surface area (Å²) in [6.45, 7) is 3.09. The first-order chi connectivity index (χ1) is 16.5. The van der Waals surface area contributed by atoms with Crippen molar-refractivity contribution in [2.75, 3.05) is 26.4 Å². The zero-order chi connectivity index (χ0) is 23.4. The number of ether oxygens (including phenoxy) is 4. The van der Waals surface area contributed by atoms with Gasteiger partial charge in [0.05, 0.1) is 32.5 Å². The standard InChI is InChI=1S/C14H24O3.C14H22O3/c2*15-13-3-1-11(2-4-13)12-5-7-14(8-6-12)16-9-10-17-14/h11-13,15H,1-10H2;11-12H,1-10H2. The fourth-order valence-corrected chi connectivity index (χ4v) is 7.68. The molecular formula is C28H46O6. The maximum Gasteiger partial charge on any atom is 0.168 e. The molecule has 4 saturated carbocycles. The molecule has 194 valence electrons. The van der Waals surface area contributed by atoms with E-state index >= 15 is 0 Å². The Hall–Kier alpha value is -0.530. The largest absolute Gasteiger partial charge is 0.393 e. The van der Waals surface area contributed by atoms with E-state index in [0.29, 0.717) is 5.78 Å². The van der Waals surface area contributed by atoms with Crippen molar-refractivity contribution >= 4 is 5.78 Å². The highest BCUT2D eigenvalue weighted by atomic mass is 16.7. The zero-order valence-electron chi connectivity index (χ0n) is 21.0. The second-order valence-corrected chi connectivity index (χ2v) is 11.8. The van der Waals surface area contributed by atoms with Gasteiger partial charge in [-0.3, -0.25) is 4.79 Å². The number of carbonyl (C=O) groups excluding carboxylic acids is 1. The normalized spacial score (nSPS) is 36.5. The molecule has 0 bridgehead atoms. The van der Waals surface area contributed by atoms with Crippen molar-refractivity contribution < 1.29 is 28.8 Å². The number of ketones is 1. The molecular weight excluding hydrogens is 432 g/mol. The molecule has 2 heterocycles. The first-order valence-electron chi connectivity index (χ1n) is 14.3. The van der Waals surface area contributed by atoms with Crippen molar-refractivity contribution in [1.29, 1.82) is 0 Å². The molecule has 6 nitrogen and oxygen atoms in total. The third-order valence-corrected chi connectivity index (χ3v) is 9.87. The van der Waals surface area contributed by atoms with Gasteiger partial charge in [-0.2, -0.15) is 0 Å². The molecule has 2 spiro atoms. The molecule has 0 aromatic rings. The number of carbonyl (C=O) groups is 1. The van der Waals surface area contributed by atoms with E-state index in [0.717, 1.165) is 114 Å². The monoisotopic (exact) mass is 478 g/mol. The number of rotatable bonds is 2. The highest BCUT2D eigenvalue weighted by molar-refractivity contribution is 5.79. The van der Waals surface area contributed by atoms with Crippen molar-refractivity contribution in [3.63, 3.8) is 0 Å². The summed E-state index contributed by atoms with van der Waals surface area (Å²) in [5.74, 6) is 3.33. The summed E-state index contributed by atoms with van der Waals surface area (Å²) in [5.41, 5.74) is 0. The van der Waals surface area contributed by atoms with Crippen LogP contribution < -0.4 is 0 Å². The number of hydrogen-bond donors (Lipinski definition) is 1. The molecule has 0 unspecified atom stereocenters. The minimum Gasteiger partial charge on any atom is -0.393 e. The van der Waals surface area contributed by atoms with Crippen LogP contribution in [0.15, 0.2) is 0 Å². The van der Waals surface area contributed by atoms with Crippen molar-refractivity contribution in [2.24, 2.45) is 23.7 Å². The van der Waals surface area contributed by atoms with Crippen LogP contribution in [0, 0.1) is 23.7 Å². The van der Waals surface area contributed by atoms with Crippen molar-refractivity contribution in [3.8, 4) is 0 Å². The smallest absolute Gasteiger partial charge is 0.168 e. The summed E-state index contributed by atoms with van der Waals surface area (Å²) in [4.78, 5) is 11.3. The SMILES string of the molecule is O=C1CCC(C2CCC3(CC2)OCCO3)CC1.OC1CCC(C2CCC3(CC2)OCCO3)CC1. The molecule has 6 aliphatic rings. The Morgan fingerprint density at radius 2 is 0.882 bits per heavy atom. The van der Waals surface area contributed by atoms with Crippen LogP contribution in [0.4, 0.5) is 0 Å². The summed E-state index contributed by atoms with van der Waals surface area (Å²) in [6, 6.07) is 0. The van der Waals surface area contributed by atoms with Crippen LogP contribution in [0.3, 0.4) is 0 Å². The first kappa shape index (κ1) is 25.1. The predicted octanol–water partition coefficient (Wildman–Crippen LogP) is 5.15. The molecule has 6 heteroatoms. The summed E-state index contributed by atoms with van der Waals surface area (Å²) in [5, 5.41) is 9.55. The molecule has 1 N–H and O–H groups in total. The lowest BCUT2D eigenvalue weighted by Crippen LogP contribution is -2.37. The van der Waals surface area contributed by atoms with Crippen molar-refractivity contribution in [2.45, 2.75) is 120 Å². The Labute approximate surface area is 205 Å². The lowest BCUT2D eigenvalue weighted by Gasteiger charge is -2.40. The van der Waals surface area contributed by atoms with Gasteiger partial charge < -0.3 is 24.1 Å². The fourth-order valence-electron chi connectivity index (χ4n) is 7.68. The van der Waals surface area contributed by atoms with Crippen LogP contribution in [-0.4, -0.2) is 55.0 Å². The molecule has 0 aromatic carbocycles. The van der Waals surface area contributed by atoms with Crippen LogP contribution >= 0.6 is 0 Å². The van der Waals surface area contributed by atoms with Gasteiger partial charge in [-0.15, -0.1) is 0 Å². The van der Waals surface area contributed by atoms with Gasteiger partial charge in [-0.1, -0.05) is 0 Å². The van der Waals surface area contributed by atoms with Crippen LogP contribution in [0.2, 0.25) is 0 Å². The van der Waals surface area contributed by atoms with Crippen LogP contribution in [0.1, 0.15) is 103 Å². The third-order valence-electron chi connectivity index (χ3n) is 9.87. The third kappa shape index (κ3) is 6.05. The second-order valence-electron chi connectivity index (χ2n) is 11.8. The van der Waals surface area contributed by atoms with E-state index < -0.39 is 0 Å². The lowest BCUT2D eigenvalue weighted by atomic mass is 9.71. The minimum atomic E-state index is -0.221. The molecule has 0 radical (unpaired) electrons. The summed E-state index contributed by atoms with van der Waals surface area (Å²) in [6.07, 6.45) is 17.5. The summed E-state index contributed by atoms with van der Waals surface area (Å²) >= 11 is 0. The van der Waals surface area contributed by atoms with Crippen LogP contribution in [-0.2, 0) is 23.7 Å². The highest BCUT2D eigenvalue weighted by Crippen LogP contribution is 2.45. The van der Waals surface area contributed by atoms with Crippen molar-refractivity contribution in [3.05, 3.63) is 0 Å². The van der Waals surface area contributed by atoms with Gasteiger partial charge in [0.2, 0.25) is 0 Å². The Morgan fingerprint density at radius 1 is 0.529 bits per heavy atom. The average molecular weight is 479 g/mol. The van der Waals surface area contributed by atoms with Gasteiger partial charge in [-0.05, 0) is 87.9 Å². The Kier molecular flexibility index (Phi) is 8.31. The molecule has 0 atom stereocenters. The van der Waals surface area contributed by atoms with Crippen LogP contribution in [0.5, 0.6) is 0 Å². The van der Waals surface area contributed by atoms with E-state index in [4.69, 9.17) is 18.9 Å². The number of aliphatic hydroxyl groups excluding tert-OH is 1. The van der Waals surface area contributed by atoms with Gasteiger partial charge in [0.25, 0.3) is 0 Å². The summed E-state index contributed by atoms with van der Waals surface area (Å²) < 4.78 is 23.1. The van der Waals surface area contributed by atoms with Gasteiger partial charge in [0, 0.05) is 38.5 Å². The van der Waals surface area contributed by atoms with Crippen molar-refractivity contribution in [1.82, 2.24) is 0 Å². The van der Waals surface area contributed by atoms with Gasteiger partial charge in [0.1, 0.15) is 5.78 Å². The highest BCUT2D eigenvalue weighted by Gasteiger charge is 2.43. The minimum absolute atomic E-state index is 0.0253. The number of aliphatic hydroxyl groups is 1. The van der Waals surface area contributed by atoms with E-state index in [1.54, 1.807) is 0 Å². The average Bonchev–Trinajstić information content (AvgIpc) is 3.52. The fraction of sp³-hybridized carbons (Fsp3) is 0.964. The molecule has 4 aliphatic carbocycles. The van der Waals surface area contributed by atoms with Gasteiger partial charge >= 0.3 is 0 Å². The topological polar surface area (TPSA) is 74.2 Å². The van der Waals surface area contributed by atoms with E-state index in [1.807, 2.05) is 0 Å². The molecule has 6 rings (SSSR count). The molecule has 6 fully saturated rings. The lowest BCUT2D eigenvalue weighted by molar-refractivity contribution is -0.185. The van der Waals surface area contributed by atoms with E-state index in [2.05, 4.69) is 0 Å². The molecule has 34 heavy (non-hydrogen) atoms. The molecule has 2 saturated heterocycles. The second kappa shape index (κ2) is 11.2. The molecule has 0 amide bonds. The van der Waals surface area contributed by atoms with Gasteiger partial charge in [0.15, 0.2) is 11.6 Å². The quantitative estimate of drug-likeness (QED) is 0.592. The Morgan fingerprint density at radius 3 is 1.29 bits per heavy atom. The van der Waals surface area contributed by atoms with Gasteiger partial charge in [-0.25, -0.2) is 0 Å².